The maximum atomic E-state index is 11.7. The van der Waals surface area contributed by atoms with Crippen LogP contribution in [0.15, 0.2) is 0 Å². The van der Waals surface area contributed by atoms with Crippen molar-refractivity contribution in [2.45, 2.75) is 32.1 Å². The van der Waals surface area contributed by atoms with Crippen molar-refractivity contribution < 1.29 is 14.3 Å². The summed E-state index contributed by atoms with van der Waals surface area (Å²) in [4.78, 5) is 11.7. The average Bonchev–Trinajstić information content (AvgIpc) is 2.41. The molecule has 0 aromatic heterocycles. The molecule has 2 heterocycles. The zero-order chi connectivity index (χ0) is 11.9. The van der Waals surface area contributed by atoms with E-state index in [0.29, 0.717) is 25.7 Å². The maximum Gasteiger partial charge on any atom is 0.309 e. The Morgan fingerprint density at radius 2 is 2.12 bits per heavy atom. The predicted octanol–water partition coefficient (Wildman–Crippen LogP) is 1.35. The number of nitrogens with one attached hydrogen (secondary N) is 1. The fourth-order valence-corrected chi connectivity index (χ4v) is 2.55. The molecule has 1 N–H and O–H groups in total. The molecule has 2 aliphatic rings. The molecule has 98 valence electrons. The number of carbonyl (C=O) groups is 1. The molecular weight excluding hydrogens is 218 g/mol. The molecule has 0 amide bonds. The van der Waals surface area contributed by atoms with Gasteiger partial charge in [0.05, 0.1) is 12.5 Å². The van der Waals surface area contributed by atoms with Gasteiger partial charge < -0.3 is 14.8 Å². The molecule has 0 spiro atoms. The Kier molecular flexibility index (Phi) is 5.26. The van der Waals surface area contributed by atoms with Gasteiger partial charge >= 0.3 is 5.97 Å². The largest absolute Gasteiger partial charge is 0.465 e. The highest BCUT2D eigenvalue weighted by Crippen LogP contribution is 2.18. The summed E-state index contributed by atoms with van der Waals surface area (Å²) >= 11 is 0. The van der Waals surface area contributed by atoms with Crippen LogP contribution in [0.3, 0.4) is 0 Å². The summed E-state index contributed by atoms with van der Waals surface area (Å²) in [5.41, 5.74) is 0. The number of rotatable bonds is 4. The fourth-order valence-electron chi connectivity index (χ4n) is 2.55. The Balaban J connectivity index is 1.58. The number of piperidine rings is 1. The summed E-state index contributed by atoms with van der Waals surface area (Å²) in [6.07, 6.45) is 5.16. The van der Waals surface area contributed by atoms with E-state index in [2.05, 4.69) is 5.32 Å². The molecule has 0 unspecified atom stereocenters. The Hall–Kier alpha value is -0.610. The lowest BCUT2D eigenvalue weighted by molar-refractivity contribution is -0.152. The maximum absolute atomic E-state index is 11.7. The van der Waals surface area contributed by atoms with Gasteiger partial charge in [-0.05, 0) is 51.1 Å². The van der Waals surface area contributed by atoms with Crippen molar-refractivity contribution in [1.82, 2.24) is 5.32 Å². The van der Waals surface area contributed by atoms with Gasteiger partial charge in [0, 0.05) is 13.2 Å². The zero-order valence-corrected chi connectivity index (χ0v) is 10.5. The summed E-state index contributed by atoms with van der Waals surface area (Å²) in [6.45, 7) is 4.20. The van der Waals surface area contributed by atoms with E-state index < -0.39 is 0 Å². The van der Waals surface area contributed by atoms with E-state index in [-0.39, 0.29) is 11.9 Å². The lowest BCUT2D eigenvalue weighted by atomic mass is 9.96. The number of carbonyl (C=O) groups excluding carboxylic acids is 1. The number of esters is 1. The Morgan fingerprint density at radius 1 is 1.29 bits per heavy atom. The van der Waals surface area contributed by atoms with Crippen LogP contribution in [-0.2, 0) is 14.3 Å². The summed E-state index contributed by atoms with van der Waals surface area (Å²) < 4.78 is 10.6. The Morgan fingerprint density at radius 3 is 2.82 bits per heavy atom. The van der Waals surface area contributed by atoms with Gasteiger partial charge in [-0.3, -0.25) is 4.79 Å². The van der Waals surface area contributed by atoms with E-state index in [1.165, 1.54) is 12.8 Å². The molecule has 17 heavy (non-hydrogen) atoms. The van der Waals surface area contributed by atoms with Crippen LogP contribution in [0.25, 0.3) is 0 Å². The molecule has 4 heteroatoms. The minimum Gasteiger partial charge on any atom is -0.465 e. The second kappa shape index (κ2) is 6.97. The van der Waals surface area contributed by atoms with Crippen molar-refractivity contribution in [1.29, 1.82) is 0 Å². The van der Waals surface area contributed by atoms with Crippen molar-refractivity contribution in [2.75, 3.05) is 32.9 Å². The third-order valence-corrected chi connectivity index (χ3v) is 3.72. The van der Waals surface area contributed by atoms with Gasteiger partial charge in [-0.15, -0.1) is 0 Å². The van der Waals surface area contributed by atoms with Crippen molar-refractivity contribution in [2.24, 2.45) is 11.8 Å². The average molecular weight is 241 g/mol. The van der Waals surface area contributed by atoms with Crippen LogP contribution in [0, 0.1) is 11.8 Å². The first-order valence-electron chi connectivity index (χ1n) is 6.81. The molecular formula is C13H23NO3. The zero-order valence-electron chi connectivity index (χ0n) is 10.5. The van der Waals surface area contributed by atoms with Crippen LogP contribution in [-0.4, -0.2) is 38.9 Å². The van der Waals surface area contributed by atoms with Gasteiger partial charge in [-0.25, -0.2) is 0 Å². The molecule has 0 radical (unpaired) electrons. The van der Waals surface area contributed by atoms with E-state index in [1.54, 1.807) is 0 Å². The van der Waals surface area contributed by atoms with Gasteiger partial charge in [-0.2, -0.15) is 0 Å². The molecule has 1 atom stereocenters. The summed E-state index contributed by atoms with van der Waals surface area (Å²) in [5.74, 6) is 0.747. The van der Waals surface area contributed by atoms with E-state index >= 15 is 0 Å². The monoisotopic (exact) mass is 241 g/mol. The van der Waals surface area contributed by atoms with Crippen LogP contribution in [0.4, 0.5) is 0 Å². The van der Waals surface area contributed by atoms with E-state index in [0.717, 1.165) is 32.4 Å². The van der Waals surface area contributed by atoms with Crippen molar-refractivity contribution in [3.05, 3.63) is 0 Å². The quantitative estimate of drug-likeness (QED) is 0.755. The molecule has 2 saturated heterocycles. The highest BCUT2D eigenvalue weighted by atomic mass is 16.5. The standard InChI is InChI=1S/C13H23NO3/c15-13(12-4-7-16-8-5-12)17-9-3-11-2-1-6-14-10-11/h11-12,14H,1-10H2/t11-/m0/s1. The van der Waals surface area contributed by atoms with E-state index in [1.807, 2.05) is 0 Å². The smallest absolute Gasteiger partial charge is 0.309 e. The fraction of sp³-hybridized carbons (Fsp3) is 0.923. The lowest BCUT2D eigenvalue weighted by Crippen LogP contribution is -2.31. The van der Waals surface area contributed by atoms with Gasteiger partial charge in [0.2, 0.25) is 0 Å². The van der Waals surface area contributed by atoms with Crippen molar-refractivity contribution in [3.8, 4) is 0 Å². The summed E-state index contributed by atoms with van der Waals surface area (Å²) in [5, 5.41) is 3.38. The number of hydrogen-bond donors (Lipinski definition) is 1. The molecule has 2 aliphatic heterocycles. The van der Waals surface area contributed by atoms with Crippen LogP contribution in [0.5, 0.6) is 0 Å². The molecule has 2 fully saturated rings. The second-order valence-corrected chi connectivity index (χ2v) is 5.06. The minimum atomic E-state index is -0.0166. The van der Waals surface area contributed by atoms with Crippen LogP contribution in [0.2, 0.25) is 0 Å². The topological polar surface area (TPSA) is 47.6 Å². The summed E-state index contributed by atoms with van der Waals surface area (Å²) in [7, 11) is 0. The van der Waals surface area contributed by atoms with Crippen molar-refractivity contribution in [3.63, 3.8) is 0 Å². The van der Waals surface area contributed by atoms with Gasteiger partial charge in [0.15, 0.2) is 0 Å². The lowest BCUT2D eigenvalue weighted by Gasteiger charge is -2.24. The minimum absolute atomic E-state index is 0.0166. The third kappa shape index (κ3) is 4.28. The van der Waals surface area contributed by atoms with E-state index in [4.69, 9.17) is 9.47 Å². The first kappa shape index (κ1) is 12.8. The highest BCUT2D eigenvalue weighted by molar-refractivity contribution is 5.72. The van der Waals surface area contributed by atoms with E-state index in [9.17, 15) is 4.79 Å². The molecule has 0 saturated carbocycles. The second-order valence-electron chi connectivity index (χ2n) is 5.06. The molecule has 4 nitrogen and oxygen atoms in total. The molecule has 2 rings (SSSR count). The van der Waals surface area contributed by atoms with Crippen LogP contribution >= 0.6 is 0 Å². The third-order valence-electron chi connectivity index (χ3n) is 3.72. The highest BCUT2D eigenvalue weighted by Gasteiger charge is 2.23. The van der Waals surface area contributed by atoms with Gasteiger partial charge in [0.25, 0.3) is 0 Å². The first-order chi connectivity index (χ1) is 8.36. The Bertz CT molecular complexity index is 233. The molecule has 0 bridgehead atoms. The molecule has 0 aliphatic carbocycles. The molecule has 0 aromatic rings. The Labute approximate surface area is 103 Å². The van der Waals surface area contributed by atoms with Crippen LogP contribution in [0.1, 0.15) is 32.1 Å². The van der Waals surface area contributed by atoms with Gasteiger partial charge in [-0.1, -0.05) is 0 Å². The summed E-state index contributed by atoms with van der Waals surface area (Å²) in [6, 6.07) is 0. The SMILES string of the molecule is O=C(OCC[C@@H]1CCCNC1)C1CCOCC1. The van der Waals surface area contributed by atoms with Crippen LogP contribution < -0.4 is 5.32 Å². The van der Waals surface area contributed by atoms with Gasteiger partial charge in [0.1, 0.15) is 0 Å². The number of ether oxygens (including phenoxy) is 2. The van der Waals surface area contributed by atoms with Crippen molar-refractivity contribution >= 4 is 5.97 Å². The number of hydrogen-bond acceptors (Lipinski definition) is 4. The predicted molar refractivity (Wildman–Crippen MR) is 64.7 cm³/mol. The normalized spacial score (nSPS) is 26.7. The molecule has 0 aromatic carbocycles. The first-order valence-corrected chi connectivity index (χ1v) is 6.81.